The molecule has 1 fully saturated rings. The summed E-state index contributed by atoms with van der Waals surface area (Å²) in [5.74, 6) is 0.731. The maximum atomic E-state index is 3.44. The highest BCUT2D eigenvalue weighted by molar-refractivity contribution is 7.07. The lowest BCUT2D eigenvalue weighted by atomic mass is 9.65. The van der Waals surface area contributed by atoms with Crippen LogP contribution in [0.2, 0.25) is 0 Å². The Hall–Kier alpha value is -0.340. The molecule has 0 saturated heterocycles. The van der Waals surface area contributed by atoms with Crippen LogP contribution in [0.1, 0.15) is 44.6 Å². The second-order valence-corrected chi connectivity index (χ2v) is 6.14. The minimum atomic E-state index is 0.467. The van der Waals surface area contributed by atoms with Crippen molar-refractivity contribution < 1.29 is 0 Å². The van der Waals surface area contributed by atoms with E-state index in [1.54, 1.807) is 5.56 Å². The van der Waals surface area contributed by atoms with Gasteiger partial charge in [-0.1, -0.05) is 13.8 Å². The van der Waals surface area contributed by atoms with Crippen LogP contribution in [-0.4, -0.2) is 13.1 Å². The van der Waals surface area contributed by atoms with Gasteiger partial charge in [0.1, 0.15) is 0 Å². The van der Waals surface area contributed by atoms with E-state index in [1.807, 2.05) is 11.3 Å². The van der Waals surface area contributed by atoms with E-state index in [4.69, 9.17) is 0 Å². The molecule has 1 aromatic rings. The van der Waals surface area contributed by atoms with Crippen LogP contribution in [0.15, 0.2) is 16.8 Å². The van der Waals surface area contributed by atoms with E-state index in [-0.39, 0.29) is 0 Å². The van der Waals surface area contributed by atoms with E-state index in [9.17, 15) is 0 Å². The summed E-state index contributed by atoms with van der Waals surface area (Å²) >= 11 is 1.82. The molecule has 0 spiro atoms. The zero-order valence-corrected chi connectivity index (χ0v) is 10.7. The zero-order valence-electron chi connectivity index (χ0n) is 9.92. The predicted molar refractivity (Wildman–Crippen MR) is 67.5 cm³/mol. The van der Waals surface area contributed by atoms with Crippen molar-refractivity contribution in [3.8, 4) is 0 Å². The van der Waals surface area contributed by atoms with Crippen molar-refractivity contribution in [3.63, 3.8) is 0 Å². The minimum absolute atomic E-state index is 0.467. The van der Waals surface area contributed by atoms with Crippen molar-refractivity contribution in [2.24, 2.45) is 5.41 Å². The normalized spacial score (nSPS) is 30.3. The van der Waals surface area contributed by atoms with Gasteiger partial charge in [0.15, 0.2) is 0 Å². The van der Waals surface area contributed by atoms with E-state index in [0.717, 1.165) is 5.92 Å². The Balaban J connectivity index is 2.19. The van der Waals surface area contributed by atoms with E-state index in [2.05, 4.69) is 43.0 Å². The van der Waals surface area contributed by atoms with Gasteiger partial charge in [0, 0.05) is 6.04 Å². The Morgan fingerprint density at radius 2 is 2.27 bits per heavy atom. The number of nitrogens with one attached hydrogen (secondary N) is 1. The van der Waals surface area contributed by atoms with Gasteiger partial charge in [-0.3, -0.25) is 0 Å². The third kappa shape index (κ3) is 2.26. The molecule has 0 bridgehead atoms. The first kappa shape index (κ1) is 11.2. The zero-order chi connectivity index (χ0) is 10.9. The molecular formula is C13H21NS. The van der Waals surface area contributed by atoms with E-state index in [1.165, 1.54) is 19.3 Å². The first-order valence-electron chi connectivity index (χ1n) is 5.83. The maximum absolute atomic E-state index is 3.44. The Labute approximate surface area is 96.9 Å². The van der Waals surface area contributed by atoms with Crippen molar-refractivity contribution in [1.29, 1.82) is 0 Å². The van der Waals surface area contributed by atoms with E-state index >= 15 is 0 Å². The van der Waals surface area contributed by atoms with Crippen LogP contribution >= 0.6 is 11.3 Å². The second kappa shape index (κ2) is 4.26. The Kier molecular flexibility index (Phi) is 3.17. The SMILES string of the molecule is CNC1CCC(C)(C)C(c2ccsc2)C1. The lowest BCUT2D eigenvalue weighted by Gasteiger charge is -2.42. The van der Waals surface area contributed by atoms with Gasteiger partial charge in [-0.25, -0.2) is 0 Å². The van der Waals surface area contributed by atoms with Crippen molar-refractivity contribution in [2.75, 3.05) is 7.05 Å². The molecule has 0 amide bonds. The average Bonchev–Trinajstić information content (AvgIpc) is 2.70. The van der Waals surface area contributed by atoms with Gasteiger partial charge in [-0.05, 0) is 60.0 Å². The van der Waals surface area contributed by atoms with E-state index in [0.29, 0.717) is 11.5 Å². The predicted octanol–water partition coefficient (Wildman–Crippen LogP) is 3.63. The quantitative estimate of drug-likeness (QED) is 0.807. The minimum Gasteiger partial charge on any atom is -0.317 e. The second-order valence-electron chi connectivity index (χ2n) is 5.36. The van der Waals surface area contributed by atoms with Crippen LogP contribution in [0.5, 0.6) is 0 Å². The Bertz CT molecular complexity index is 302. The van der Waals surface area contributed by atoms with Gasteiger partial charge in [0.25, 0.3) is 0 Å². The summed E-state index contributed by atoms with van der Waals surface area (Å²) in [4.78, 5) is 0. The molecule has 2 unspecified atom stereocenters. The fraction of sp³-hybridized carbons (Fsp3) is 0.692. The summed E-state index contributed by atoms with van der Waals surface area (Å²) in [5, 5.41) is 7.96. The number of hydrogen-bond acceptors (Lipinski definition) is 2. The van der Waals surface area contributed by atoms with Crippen LogP contribution in [0.25, 0.3) is 0 Å². The molecule has 2 atom stereocenters. The first-order valence-corrected chi connectivity index (χ1v) is 6.77. The summed E-state index contributed by atoms with van der Waals surface area (Å²) in [6.45, 7) is 4.84. The molecule has 1 heterocycles. The van der Waals surface area contributed by atoms with Gasteiger partial charge < -0.3 is 5.32 Å². The van der Waals surface area contributed by atoms with Gasteiger partial charge in [0.2, 0.25) is 0 Å². The Morgan fingerprint density at radius 3 is 2.87 bits per heavy atom. The van der Waals surface area contributed by atoms with Crippen LogP contribution in [0.3, 0.4) is 0 Å². The fourth-order valence-electron chi connectivity index (χ4n) is 2.76. The topological polar surface area (TPSA) is 12.0 Å². The van der Waals surface area contributed by atoms with Crippen LogP contribution in [0, 0.1) is 5.41 Å². The fourth-order valence-corrected chi connectivity index (χ4v) is 3.48. The molecule has 1 nitrogen and oxygen atoms in total. The highest BCUT2D eigenvalue weighted by Crippen LogP contribution is 2.47. The number of rotatable bonds is 2. The molecule has 0 aromatic carbocycles. The van der Waals surface area contributed by atoms with Crippen LogP contribution in [-0.2, 0) is 0 Å². The first-order chi connectivity index (χ1) is 7.13. The molecule has 1 aliphatic rings. The Morgan fingerprint density at radius 1 is 1.47 bits per heavy atom. The standard InChI is InChI=1S/C13H21NS/c1-13(2)6-4-11(14-3)8-12(13)10-5-7-15-9-10/h5,7,9,11-12,14H,4,6,8H2,1-3H3. The number of thiophene rings is 1. The summed E-state index contributed by atoms with van der Waals surface area (Å²) in [5.41, 5.74) is 2.01. The third-order valence-corrected chi connectivity index (χ3v) is 4.66. The third-order valence-electron chi connectivity index (χ3n) is 3.95. The number of hydrogen-bond donors (Lipinski definition) is 1. The maximum Gasteiger partial charge on any atom is 0.00702 e. The van der Waals surface area contributed by atoms with Crippen molar-refractivity contribution >= 4 is 11.3 Å². The molecular weight excluding hydrogens is 202 g/mol. The molecule has 1 aliphatic carbocycles. The van der Waals surface area contributed by atoms with Crippen molar-refractivity contribution in [3.05, 3.63) is 22.4 Å². The van der Waals surface area contributed by atoms with Crippen molar-refractivity contribution in [1.82, 2.24) is 5.32 Å². The molecule has 1 aromatic heterocycles. The monoisotopic (exact) mass is 223 g/mol. The molecule has 2 rings (SSSR count). The molecule has 1 N–H and O–H groups in total. The highest BCUT2D eigenvalue weighted by atomic mass is 32.1. The summed E-state index contributed by atoms with van der Waals surface area (Å²) in [6, 6.07) is 3.01. The van der Waals surface area contributed by atoms with Crippen molar-refractivity contribution in [2.45, 2.75) is 45.1 Å². The largest absolute Gasteiger partial charge is 0.317 e. The van der Waals surface area contributed by atoms with Gasteiger partial charge in [-0.2, -0.15) is 11.3 Å². The molecule has 0 radical (unpaired) electrons. The summed E-state index contributed by atoms with van der Waals surface area (Å²) in [6.07, 6.45) is 3.95. The van der Waals surface area contributed by atoms with Crippen LogP contribution in [0.4, 0.5) is 0 Å². The molecule has 2 heteroatoms. The van der Waals surface area contributed by atoms with Crippen LogP contribution < -0.4 is 5.32 Å². The van der Waals surface area contributed by atoms with Gasteiger partial charge in [0.05, 0.1) is 0 Å². The van der Waals surface area contributed by atoms with Gasteiger partial charge in [-0.15, -0.1) is 0 Å². The highest BCUT2D eigenvalue weighted by Gasteiger charge is 2.36. The van der Waals surface area contributed by atoms with E-state index < -0.39 is 0 Å². The smallest absolute Gasteiger partial charge is 0.00702 e. The molecule has 0 aliphatic heterocycles. The molecule has 1 saturated carbocycles. The molecule has 15 heavy (non-hydrogen) atoms. The molecule has 84 valence electrons. The average molecular weight is 223 g/mol. The lowest BCUT2D eigenvalue weighted by molar-refractivity contribution is 0.171. The summed E-state index contributed by atoms with van der Waals surface area (Å²) < 4.78 is 0. The van der Waals surface area contributed by atoms with Gasteiger partial charge >= 0.3 is 0 Å². The summed E-state index contributed by atoms with van der Waals surface area (Å²) in [7, 11) is 2.09. The lowest BCUT2D eigenvalue weighted by Crippen LogP contribution is -2.38.